The van der Waals surface area contributed by atoms with Gasteiger partial charge in [-0.25, -0.2) is 0 Å². The number of benzene rings is 2. The van der Waals surface area contributed by atoms with E-state index in [4.69, 9.17) is 0 Å². The van der Waals surface area contributed by atoms with Gasteiger partial charge in [0.25, 0.3) is 0 Å². The molecule has 0 unspecified atom stereocenters. The van der Waals surface area contributed by atoms with E-state index in [1.165, 1.54) is 0 Å². The van der Waals surface area contributed by atoms with Gasteiger partial charge in [-0.15, -0.1) is 6.58 Å². The fourth-order valence-electron chi connectivity index (χ4n) is 3.30. The molecule has 164 valence electrons. The van der Waals surface area contributed by atoms with E-state index < -0.39 is 0 Å². The molecule has 31 heavy (non-hydrogen) atoms. The van der Waals surface area contributed by atoms with Crippen molar-refractivity contribution in [2.75, 3.05) is 6.54 Å². The van der Waals surface area contributed by atoms with Gasteiger partial charge in [-0.1, -0.05) is 56.3 Å². The highest BCUT2D eigenvalue weighted by Gasteiger charge is 2.13. The third kappa shape index (κ3) is 6.69. The second-order valence-corrected chi connectivity index (χ2v) is 7.35. The van der Waals surface area contributed by atoms with Crippen LogP contribution in [0, 0.1) is 0 Å². The molecule has 0 radical (unpaired) electrons. The van der Waals surface area contributed by atoms with Crippen LogP contribution in [0.25, 0.3) is 10.9 Å². The van der Waals surface area contributed by atoms with Crippen molar-refractivity contribution >= 4 is 10.9 Å². The van der Waals surface area contributed by atoms with Crippen LogP contribution in [0.15, 0.2) is 72.1 Å². The topological polar surface area (TPSA) is 65.1 Å². The van der Waals surface area contributed by atoms with Crippen LogP contribution in [0.1, 0.15) is 49.6 Å². The molecule has 0 bridgehead atoms. The molecule has 2 aromatic carbocycles. The summed E-state index contributed by atoms with van der Waals surface area (Å²) < 4.78 is 0. The first-order chi connectivity index (χ1) is 15.0. The fraction of sp³-hybridized carbons (Fsp3) is 0.296. The SMILES string of the molecule is C/C=C/CNCc1c(Cc2ccc(O)c(CC)c2)[nH]c2ccccc2c1=O.C=CCC. The van der Waals surface area contributed by atoms with E-state index in [1.54, 1.807) is 6.07 Å². The number of phenolic OH excluding ortho intramolecular Hbond substituents is 1. The number of aryl methyl sites for hydroxylation is 1. The minimum absolute atomic E-state index is 0.0711. The van der Waals surface area contributed by atoms with Gasteiger partial charge in [0.05, 0.1) is 0 Å². The minimum Gasteiger partial charge on any atom is -0.508 e. The Morgan fingerprint density at radius 2 is 1.90 bits per heavy atom. The van der Waals surface area contributed by atoms with Crippen LogP contribution >= 0.6 is 0 Å². The normalized spacial score (nSPS) is 10.8. The van der Waals surface area contributed by atoms with E-state index >= 15 is 0 Å². The number of nitrogens with one attached hydrogen (secondary N) is 2. The quantitative estimate of drug-likeness (QED) is 0.328. The van der Waals surface area contributed by atoms with Crippen molar-refractivity contribution in [1.29, 1.82) is 0 Å². The van der Waals surface area contributed by atoms with Gasteiger partial charge in [0.15, 0.2) is 5.43 Å². The van der Waals surface area contributed by atoms with Crippen molar-refractivity contribution in [3.63, 3.8) is 0 Å². The number of phenols is 1. The zero-order valence-electron chi connectivity index (χ0n) is 18.9. The lowest BCUT2D eigenvalue weighted by atomic mass is 10.00. The highest BCUT2D eigenvalue weighted by molar-refractivity contribution is 5.79. The van der Waals surface area contributed by atoms with Crippen LogP contribution in [0.3, 0.4) is 0 Å². The number of hydrogen-bond donors (Lipinski definition) is 3. The summed E-state index contributed by atoms with van der Waals surface area (Å²) in [5.74, 6) is 0.321. The summed E-state index contributed by atoms with van der Waals surface area (Å²) in [6, 6.07) is 13.3. The number of para-hydroxylation sites is 1. The lowest BCUT2D eigenvalue weighted by molar-refractivity contribution is 0.468. The van der Waals surface area contributed by atoms with Crippen molar-refractivity contribution in [2.24, 2.45) is 0 Å². The molecule has 0 saturated heterocycles. The average Bonchev–Trinajstić information content (AvgIpc) is 2.79. The van der Waals surface area contributed by atoms with Crippen molar-refractivity contribution in [3.8, 4) is 5.75 Å². The molecular weight excluding hydrogens is 384 g/mol. The number of aromatic hydroxyl groups is 1. The van der Waals surface area contributed by atoms with Gasteiger partial charge in [0, 0.05) is 41.7 Å². The van der Waals surface area contributed by atoms with E-state index in [-0.39, 0.29) is 5.43 Å². The largest absolute Gasteiger partial charge is 0.508 e. The fourth-order valence-corrected chi connectivity index (χ4v) is 3.30. The van der Waals surface area contributed by atoms with Gasteiger partial charge < -0.3 is 15.4 Å². The summed E-state index contributed by atoms with van der Waals surface area (Å²) in [4.78, 5) is 16.5. The minimum atomic E-state index is 0.0711. The number of aromatic nitrogens is 1. The maximum Gasteiger partial charge on any atom is 0.194 e. The Hall–Kier alpha value is -3.11. The van der Waals surface area contributed by atoms with E-state index in [9.17, 15) is 9.90 Å². The van der Waals surface area contributed by atoms with E-state index in [0.29, 0.717) is 24.1 Å². The molecule has 0 amide bonds. The average molecular weight is 419 g/mol. The second kappa shape index (κ2) is 12.6. The first-order valence-corrected chi connectivity index (χ1v) is 10.9. The van der Waals surface area contributed by atoms with Crippen LogP contribution in [-0.4, -0.2) is 16.6 Å². The van der Waals surface area contributed by atoms with E-state index in [1.807, 2.05) is 68.5 Å². The lowest BCUT2D eigenvalue weighted by Crippen LogP contribution is -2.23. The molecule has 0 fully saturated rings. The predicted molar refractivity (Wildman–Crippen MR) is 132 cm³/mol. The summed E-state index contributed by atoms with van der Waals surface area (Å²) in [6.07, 6.45) is 8.36. The third-order valence-corrected chi connectivity index (χ3v) is 5.09. The molecule has 0 aliphatic rings. The van der Waals surface area contributed by atoms with Gasteiger partial charge in [0.2, 0.25) is 0 Å². The molecular formula is C27H34N2O2. The van der Waals surface area contributed by atoms with Crippen LogP contribution in [-0.2, 0) is 19.4 Å². The maximum absolute atomic E-state index is 13.1. The molecule has 0 spiro atoms. The molecule has 1 aromatic heterocycles. The molecule has 4 heteroatoms. The summed E-state index contributed by atoms with van der Waals surface area (Å²) in [6.45, 7) is 10.8. The molecule has 0 aliphatic carbocycles. The third-order valence-electron chi connectivity index (χ3n) is 5.09. The van der Waals surface area contributed by atoms with Gasteiger partial charge in [-0.2, -0.15) is 0 Å². The molecule has 0 aliphatic heterocycles. The van der Waals surface area contributed by atoms with Crippen LogP contribution in [0.5, 0.6) is 5.75 Å². The van der Waals surface area contributed by atoms with Crippen molar-refractivity contribution in [2.45, 2.75) is 46.6 Å². The number of rotatable bonds is 8. The first-order valence-electron chi connectivity index (χ1n) is 10.9. The highest BCUT2D eigenvalue weighted by atomic mass is 16.3. The molecule has 0 atom stereocenters. The Kier molecular flexibility index (Phi) is 9.79. The molecule has 3 N–H and O–H groups in total. The molecule has 0 saturated carbocycles. The number of pyridine rings is 1. The number of hydrogen-bond acceptors (Lipinski definition) is 3. The smallest absolute Gasteiger partial charge is 0.194 e. The lowest BCUT2D eigenvalue weighted by Gasteiger charge is -2.13. The molecule has 3 aromatic rings. The summed E-state index contributed by atoms with van der Waals surface area (Å²) in [7, 11) is 0. The highest BCUT2D eigenvalue weighted by Crippen LogP contribution is 2.22. The van der Waals surface area contributed by atoms with Crippen molar-refractivity contribution < 1.29 is 5.11 Å². The number of allylic oxidation sites excluding steroid dienone is 2. The van der Waals surface area contributed by atoms with Crippen LogP contribution in [0.4, 0.5) is 0 Å². The maximum atomic E-state index is 13.1. The first kappa shape index (κ1) is 24.2. The Morgan fingerprint density at radius 1 is 1.16 bits per heavy atom. The Balaban J connectivity index is 0.000000785. The monoisotopic (exact) mass is 418 g/mol. The predicted octanol–water partition coefficient (Wildman–Crippen LogP) is 5.64. The Labute approximate surface area is 185 Å². The number of aromatic amines is 1. The van der Waals surface area contributed by atoms with Gasteiger partial charge in [-0.3, -0.25) is 4.79 Å². The Bertz CT molecular complexity index is 1080. The van der Waals surface area contributed by atoms with Crippen molar-refractivity contribution in [1.82, 2.24) is 10.3 Å². The zero-order chi connectivity index (χ0) is 22.6. The van der Waals surface area contributed by atoms with E-state index in [2.05, 4.69) is 23.8 Å². The van der Waals surface area contributed by atoms with Gasteiger partial charge >= 0.3 is 0 Å². The van der Waals surface area contributed by atoms with Crippen LogP contribution < -0.4 is 10.7 Å². The summed E-state index contributed by atoms with van der Waals surface area (Å²) in [5, 5.41) is 14.0. The number of fused-ring (bicyclic) bond motifs is 1. The number of H-pyrrole nitrogens is 1. The van der Waals surface area contributed by atoms with Gasteiger partial charge in [-0.05, 0) is 49.1 Å². The summed E-state index contributed by atoms with van der Waals surface area (Å²) in [5.41, 5.74) is 4.60. The molecule has 4 nitrogen and oxygen atoms in total. The summed E-state index contributed by atoms with van der Waals surface area (Å²) >= 11 is 0. The molecule has 3 rings (SSSR count). The molecule has 1 heterocycles. The van der Waals surface area contributed by atoms with E-state index in [0.717, 1.165) is 47.3 Å². The second-order valence-electron chi connectivity index (χ2n) is 7.35. The zero-order valence-corrected chi connectivity index (χ0v) is 18.9. The van der Waals surface area contributed by atoms with Gasteiger partial charge in [0.1, 0.15) is 5.75 Å². The Morgan fingerprint density at radius 3 is 2.58 bits per heavy atom. The van der Waals surface area contributed by atoms with Crippen molar-refractivity contribution in [3.05, 3.63) is 99.9 Å². The standard InChI is InChI=1S/C23H26N2O2.C4H8/c1-3-5-12-24-15-19-21(14-16-10-11-22(26)17(4-2)13-16)25-20-9-7-6-8-18(20)23(19)27;1-3-4-2/h3,5-11,13,24,26H,4,12,14-15H2,1-2H3,(H,25,27);3H,1,4H2,2H3/b5-3+;. The van der Waals surface area contributed by atoms with Crippen LogP contribution in [0.2, 0.25) is 0 Å².